The fourth-order valence-corrected chi connectivity index (χ4v) is 2.17. The van der Waals surface area contributed by atoms with E-state index in [0.717, 1.165) is 5.56 Å². The van der Waals surface area contributed by atoms with E-state index in [-0.39, 0.29) is 0 Å². The molecule has 0 aromatic heterocycles. The predicted octanol–water partition coefficient (Wildman–Crippen LogP) is 3.33. The van der Waals surface area contributed by atoms with Gasteiger partial charge in [0.15, 0.2) is 11.5 Å². The number of carbonyl (C=O) groups excluding carboxylic acids is 2. The number of hydrogen-bond donors (Lipinski definition) is 0. The van der Waals surface area contributed by atoms with Crippen LogP contribution in [0.4, 0.5) is 0 Å². The summed E-state index contributed by atoms with van der Waals surface area (Å²) in [6.07, 6.45) is 1.70. The summed E-state index contributed by atoms with van der Waals surface area (Å²) in [6, 6.07) is 14.2. The topological polar surface area (TPSA) is 61.8 Å². The van der Waals surface area contributed by atoms with Gasteiger partial charge in [0.05, 0.1) is 19.8 Å². The summed E-state index contributed by atoms with van der Waals surface area (Å²) >= 11 is 0. The molecule has 5 nitrogen and oxygen atoms in total. The molecule has 124 valence electrons. The van der Waals surface area contributed by atoms with Crippen LogP contribution in [-0.4, -0.2) is 26.2 Å². The Morgan fingerprint density at radius 3 is 2.25 bits per heavy atom. The maximum Gasteiger partial charge on any atom is 0.338 e. The summed E-state index contributed by atoms with van der Waals surface area (Å²) < 4.78 is 15.2. The molecule has 2 aromatic carbocycles. The SMILES string of the molecule is COC(=O)/C(=C/c1ccc(OC(C)=O)c(OC)c1)c1ccccc1. The Kier molecular flexibility index (Phi) is 5.73. The zero-order chi connectivity index (χ0) is 17.5. The van der Waals surface area contributed by atoms with E-state index in [0.29, 0.717) is 22.6 Å². The maximum atomic E-state index is 12.1. The molecule has 24 heavy (non-hydrogen) atoms. The smallest absolute Gasteiger partial charge is 0.338 e. The van der Waals surface area contributed by atoms with E-state index in [1.165, 1.54) is 21.1 Å². The first-order valence-corrected chi connectivity index (χ1v) is 7.27. The van der Waals surface area contributed by atoms with Gasteiger partial charge in [-0.05, 0) is 29.3 Å². The van der Waals surface area contributed by atoms with Gasteiger partial charge in [-0.2, -0.15) is 0 Å². The van der Waals surface area contributed by atoms with E-state index in [1.807, 2.05) is 30.3 Å². The summed E-state index contributed by atoms with van der Waals surface area (Å²) in [5.74, 6) is -0.155. The van der Waals surface area contributed by atoms with Crippen LogP contribution in [0.5, 0.6) is 11.5 Å². The van der Waals surface area contributed by atoms with Gasteiger partial charge in [0.2, 0.25) is 0 Å². The molecule has 0 amide bonds. The Balaban J connectivity index is 2.46. The zero-order valence-electron chi connectivity index (χ0n) is 13.7. The monoisotopic (exact) mass is 326 g/mol. The Hall–Kier alpha value is -3.08. The summed E-state index contributed by atoms with van der Waals surface area (Å²) in [6.45, 7) is 1.32. The fraction of sp³-hybridized carbons (Fsp3) is 0.158. The van der Waals surface area contributed by atoms with Gasteiger partial charge in [0, 0.05) is 6.92 Å². The second-order valence-electron chi connectivity index (χ2n) is 4.92. The number of benzene rings is 2. The molecule has 0 atom stereocenters. The van der Waals surface area contributed by atoms with Gasteiger partial charge in [-0.3, -0.25) is 4.79 Å². The average molecular weight is 326 g/mol. The molecule has 0 aliphatic heterocycles. The third kappa shape index (κ3) is 4.23. The van der Waals surface area contributed by atoms with E-state index in [4.69, 9.17) is 14.2 Å². The van der Waals surface area contributed by atoms with Crippen molar-refractivity contribution >= 4 is 23.6 Å². The highest BCUT2D eigenvalue weighted by Crippen LogP contribution is 2.30. The minimum absolute atomic E-state index is 0.321. The second-order valence-corrected chi connectivity index (χ2v) is 4.92. The van der Waals surface area contributed by atoms with Crippen LogP contribution in [0, 0.1) is 0 Å². The van der Waals surface area contributed by atoms with Gasteiger partial charge in [0.1, 0.15) is 0 Å². The molecule has 0 saturated heterocycles. The number of methoxy groups -OCH3 is 2. The molecule has 2 aromatic rings. The molecule has 0 N–H and O–H groups in total. The van der Waals surface area contributed by atoms with Gasteiger partial charge < -0.3 is 14.2 Å². The number of rotatable bonds is 5. The van der Waals surface area contributed by atoms with Crippen LogP contribution >= 0.6 is 0 Å². The van der Waals surface area contributed by atoms with Crippen molar-refractivity contribution in [3.8, 4) is 11.5 Å². The lowest BCUT2D eigenvalue weighted by atomic mass is 10.0. The van der Waals surface area contributed by atoms with Crippen molar-refractivity contribution in [3.05, 3.63) is 59.7 Å². The minimum atomic E-state index is -0.441. The Morgan fingerprint density at radius 2 is 1.67 bits per heavy atom. The largest absolute Gasteiger partial charge is 0.493 e. The lowest BCUT2D eigenvalue weighted by Gasteiger charge is -2.10. The van der Waals surface area contributed by atoms with Gasteiger partial charge >= 0.3 is 11.9 Å². The molecular weight excluding hydrogens is 308 g/mol. The van der Waals surface area contributed by atoms with Crippen molar-refractivity contribution in [3.63, 3.8) is 0 Å². The summed E-state index contributed by atoms with van der Waals surface area (Å²) in [7, 11) is 2.82. The van der Waals surface area contributed by atoms with Crippen LogP contribution in [0.15, 0.2) is 48.5 Å². The predicted molar refractivity (Wildman–Crippen MR) is 90.6 cm³/mol. The van der Waals surface area contributed by atoms with Crippen LogP contribution in [0.3, 0.4) is 0 Å². The normalized spacial score (nSPS) is 10.9. The highest BCUT2D eigenvalue weighted by atomic mass is 16.6. The first kappa shape index (κ1) is 17.3. The van der Waals surface area contributed by atoms with Gasteiger partial charge in [0.25, 0.3) is 0 Å². The molecular formula is C19H18O5. The molecule has 0 bridgehead atoms. The molecule has 5 heteroatoms. The Bertz CT molecular complexity index is 763. The molecule has 0 heterocycles. The van der Waals surface area contributed by atoms with Crippen molar-refractivity contribution in [2.45, 2.75) is 6.92 Å². The van der Waals surface area contributed by atoms with Gasteiger partial charge in [-0.1, -0.05) is 36.4 Å². The average Bonchev–Trinajstić information content (AvgIpc) is 2.60. The van der Waals surface area contributed by atoms with Crippen LogP contribution in [0.25, 0.3) is 11.6 Å². The van der Waals surface area contributed by atoms with E-state index >= 15 is 0 Å². The fourth-order valence-electron chi connectivity index (χ4n) is 2.17. The first-order chi connectivity index (χ1) is 11.5. The third-order valence-corrected chi connectivity index (χ3v) is 3.24. The van der Waals surface area contributed by atoms with Gasteiger partial charge in [-0.15, -0.1) is 0 Å². The molecule has 0 saturated carbocycles. The van der Waals surface area contributed by atoms with E-state index < -0.39 is 11.9 Å². The van der Waals surface area contributed by atoms with Crippen molar-refractivity contribution in [1.82, 2.24) is 0 Å². The highest BCUT2D eigenvalue weighted by molar-refractivity contribution is 6.21. The number of carbonyl (C=O) groups is 2. The maximum absolute atomic E-state index is 12.1. The third-order valence-electron chi connectivity index (χ3n) is 3.24. The second kappa shape index (κ2) is 7.97. The molecule has 0 aliphatic rings. The molecule has 2 rings (SSSR count). The standard InChI is InChI=1S/C19H18O5/c1-13(20)24-17-10-9-14(12-18(17)22-2)11-16(19(21)23-3)15-7-5-4-6-8-15/h4-12H,1-3H3/b16-11+. The van der Waals surface area contributed by atoms with Crippen LogP contribution in [0.1, 0.15) is 18.1 Å². The van der Waals surface area contributed by atoms with E-state index in [9.17, 15) is 9.59 Å². The summed E-state index contributed by atoms with van der Waals surface area (Å²) in [5, 5.41) is 0. The van der Waals surface area contributed by atoms with Crippen molar-refractivity contribution in [2.75, 3.05) is 14.2 Å². The summed E-state index contributed by atoms with van der Waals surface area (Å²) in [5.41, 5.74) is 1.87. The van der Waals surface area contributed by atoms with Crippen molar-refractivity contribution < 1.29 is 23.8 Å². The van der Waals surface area contributed by atoms with Gasteiger partial charge in [-0.25, -0.2) is 4.79 Å². The minimum Gasteiger partial charge on any atom is -0.493 e. The van der Waals surface area contributed by atoms with E-state index in [2.05, 4.69) is 0 Å². The Labute approximate surface area is 140 Å². The highest BCUT2D eigenvalue weighted by Gasteiger charge is 2.13. The van der Waals surface area contributed by atoms with E-state index in [1.54, 1.807) is 24.3 Å². The molecule has 0 aliphatic carbocycles. The van der Waals surface area contributed by atoms with Crippen molar-refractivity contribution in [2.24, 2.45) is 0 Å². The van der Waals surface area contributed by atoms with Crippen LogP contribution in [0.2, 0.25) is 0 Å². The quantitative estimate of drug-likeness (QED) is 0.365. The van der Waals surface area contributed by atoms with Crippen molar-refractivity contribution in [1.29, 1.82) is 0 Å². The molecule has 0 fully saturated rings. The number of esters is 2. The molecule has 0 unspecified atom stereocenters. The van der Waals surface area contributed by atoms with Crippen LogP contribution in [-0.2, 0) is 14.3 Å². The number of ether oxygens (including phenoxy) is 3. The number of hydrogen-bond acceptors (Lipinski definition) is 5. The molecule has 0 spiro atoms. The Morgan fingerprint density at radius 1 is 0.958 bits per heavy atom. The zero-order valence-corrected chi connectivity index (χ0v) is 13.7. The molecule has 0 radical (unpaired) electrons. The lowest BCUT2D eigenvalue weighted by molar-refractivity contribution is -0.134. The lowest BCUT2D eigenvalue weighted by Crippen LogP contribution is -2.04. The summed E-state index contributed by atoms with van der Waals surface area (Å²) in [4.78, 5) is 23.2. The first-order valence-electron chi connectivity index (χ1n) is 7.27. The van der Waals surface area contributed by atoms with Crippen LogP contribution < -0.4 is 9.47 Å².